The van der Waals surface area contributed by atoms with Crippen LogP contribution in [0.3, 0.4) is 0 Å². The maximum atomic E-state index is 13.6. The molecule has 0 spiro atoms. The normalized spacial score (nSPS) is 20.5. The van der Waals surface area contributed by atoms with E-state index in [1.807, 2.05) is 0 Å². The van der Waals surface area contributed by atoms with Gasteiger partial charge in [-0.1, -0.05) is 0 Å². The number of likely N-dealkylation sites (tertiary alicyclic amines) is 1. The summed E-state index contributed by atoms with van der Waals surface area (Å²) in [4.78, 5) is 18.7. The van der Waals surface area contributed by atoms with Gasteiger partial charge in [-0.25, -0.2) is 0 Å². The molecule has 2 aliphatic rings. The van der Waals surface area contributed by atoms with Gasteiger partial charge in [-0.15, -0.1) is 0 Å². The van der Waals surface area contributed by atoms with E-state index in [-0.39, 0.29) is 22.6 Å². The van der Waals surface area contributed by atoms with Crippen LogP contribution < -0.4 is 25.3 Å². The number of nitrogens with zero attached hydrogens (tertiary/aromatic N) is 3. The number of benzene rings is 1. The molecule has 0 radical (unpaired) electrons. The number of halogens is 3. The summed E-state index contributed by atoms with van der Waals surface area (Å²) in [5, 5.41) is 4.92. The number of nitrogens with one attached hydrogen (secondary N) is 3. The summed E-state index contributed by atoms with van der Waals surface area (Å²) in [6.45, 7) is 2.14. The summed E-state index contributed by atoms with van der Waals surface area (Å²) in [6, 6.07) is 6.66. The topological polar surface area (TPSA) is 82.9 Å². The predicted octanol–water partition coefficient (Wildman–Crippen LogP) is 2.52. The predicted molar refractivity (Wildman–Crippen MR) is 145 cm³/mol. The minimum absolute atomic E-state index is 0.0386. The van der Waals surface area contributed by atoms with E-state index in [0.717, 1.165) is 25.9 Å². The Balaban J connectivity index is 1.40. The van der Waals surface area contributed by atoms with E-state index in [9.17, 15) is 18.0 Å². The van der Waals surface area contributed by atoms with E-state index in [4.69, 9.17) is 4.74 Å². The number of rotatable bonds is 7. The summed E-state index contributed by atoms with van der Waals surface area (Å²) >= 11 is -1.79. The van der Waals surface area contributed by atoms with E-state index in [1.54, 1.807) is 48.1 Å². The second-order valence-electron chi connectivity index (χ2n) is 9.79. The zero-order valence-corrected chi connectivity index (χ0v) is 23.5. The number of ether oxygens (including phenoxy) is 1. The molecule has 2 aromatic heterocycles. The van der Waals surface area contributed by atoms with Gasteiger partial charge in [-0.05, 0) is 0 Å². The fraction of sp³-hybridized carbons (Fsp3) is 0.407. The van der Waals surface area contributed by atoms with Gasteiger partial charge in [0.05, 0.1) is 0 Å². The Morgan fingerprint density at radius 2 is 2.15 bits per heavy atom. The van der Waals surface area contributed by atoms with Gasteiger partial charge in [0.2, 0.25) is 0 Å². The summed E-state index contributed by atoms with van der Waals surface area (Å²) < 4.78 is 47.8. The zero-order chi connectivity index (χ0) is 27.8. The third kappa shape index (κ3) is 5.81. The van der Waals surface area contributed by atoms with E-state index >= 15 is 0 Å². The molecule has 12 heteroatoms. The van der Waals surface area contributed by atoms with Crippen molar-refractivity contribution < 1.29 is 22.7 Å². The van der Waals surface area contributed by atoms with Crippen molar-refractivity contribution in [2.45, 2.75) is 23.5 Å². The molecule has 3 N–H and O–H groups in total. The third-order valence-electron chi connectivity index (χ3n) is 7.22. The molecule has 1 saturated carbocycles. The Morgan fingerprint density at radius 1 is 1.33 bits per heavy atom. The second kappa shape index (κ2) is 10.6. The van der Waals surface area contributed by atoms with E-state index in [2.05, 4.69) is 44.7 Å². The number of fused-ring (bicyclic) bond motifs is 2. The van der Waals surface area contributed by atoms with Crippen molar-refractivity contribution >= 4 is 42.5 Å². The van der Waals surface area contributed by atoms with Crippen molar-refractivity contribution in [1.29, 1.82) is 0 Å². The molecule has 1 aliphatic heterocycles. The van der Waals surface area contributed by atoms with Crippen molar-refractivity contribution in [2.75, 3.05) is 51.5 Å². The number of carbonyl (C=O) groups is 1. The zero-order valence-electron chi connectivity index (χ0n) is 21.8. The van der Waals surface area contributed by atoms with E-state index < -0.39 is 20.0 Å². The second-order valence-corrected chi connectivity index (χ2v) is 12.0. The molecule has 5 rings (SSSR count). The van der Waals surface area contributed by atoms with Crippen LogP contribution in [-0.2, 0) is 0 Å². The monoisotopic (exact) mass is 606 g/mol. The average Bonchev–Trinajstić information content (AvgIpc) is 3.50. The molecule has 1 aliphatic carbocycles. The van der Waals surface area contributed by atoms with Gasteiger partial charge in [0.25, 0.3) is 0 Å². The summed E-state index contributed by atoms with van der Waals surface area (Å²) in [5.74, 6) is 7.22. The van der Waals surface area contributed by atoms with Gasteiger partial charge >= 0.3 is 224 Å². The number of aromatic nitrogens is 2. The Kier molecular flexibility index (Phi) is 7.42. The van der Waals surface area contributed by atoms with Gasteiger partial charge in [0.15, 0.2) is 0 Å². The summed E-state index contributed by atoms with van der Waals surface area (Å²) in [7, 11) is 5.14. The number of anilines is 2. The van der Waals surface area contributed by atoms with Crippen LogP contribution in [0.1, 0.15) is 28.8 Å². The summed E-state index contributed by atoms with van der Waals surface area (Å²) in [6.07, 6.45) is 5.12. The van der Waals surface area contributed by atoms with Crippen LogP contribution in [0.5, 0.6) is 5.75 Å². The molecule has 1 amide bonds. The molecule has 8 nitrogen and oxygen atoms in total. The number of carbonyl (C=O) groups excluding carboxylic acids is 1. The molecule has 3 heterocycles. The van der Waals surface area contributed by atoms with Gasteiger partial charge in [0.1, 0.15) is 0 Å². The molecule has 39 heavy (non-hydrogen) atoms. The maximum absolute atomic E-state index is 13.6. The first-order valence-corrected chi connectivity index (χ1v) is 14.2. The standard InChI is InChI=1S/C27H29F3N6O2Se/c1-31-24(37)17-6-7-20(22(14-17)38-3)32-9-4-5-18-13-21-23(34-26-8-11-35(2)16-19(26)15-26)33-10-12-36(21)25(18)39-27(28,29)30/h6-7,10,12-14,19,32H,8-9,11,15-16H2,1-3H3,(H,31,37)(H,33,34). The fourth-order valence-electron chi connectivity index (χ4n) is 5.12. The SMILES string of the molecule is CNC(=O)c1ccc(NCC#Cc2cc3c(NC45CCN(C)CC4C5)nccn3c2[Se]C(F)(F)F)c(OC)c1. The average molecular weight is 606 g/mol. The van der Waals surface area contributed by atoms with Crippen LogP contribution in [0.25, 0.3) is 5.52 Å². The molecule has 2 atom stereocenters. The number of hydrogen-bond acceptors (Lipinski definition) is 6. The Morgan fingerprint density at radius 3 is 2.87 bits per heavy atom. The Hall–Kier alpha value is -3.39. The Bertz CT molecular complexity index is 1460. The third-order valence-corrected chi connectivity index (χ3v) is 8.98. The van der Waals surface area contributed by atoms with Crippen molar-refractivity contribution in [3.63, 3.8) is 0 Å². The van der Waals surface area contributed by atoms with E-state index in [0.29, 0.717) is 39.8 Å². The van der Waals surface area contributed by atoms with Crippen molar-refractivity contribution in [3.05, 3.63) is 47.8 Å². The van der Waals surface area contributed by atoms with Gasteiger partial charge in [-0.2, -0.15) is 0 Å². The molecule has 206 valence electrons. The fourth-order valence-corrected chi connectivity index (χ4v) is 6.58. The number of piperidine rings is 1. The molecule has 2 fully saturated rings. The van der Waals surface area contributed by atoms with Crippen LogP contribution >= 0.6 is 0 Å². The minimum atomic E-state index is -4.33. The van der Waals surface area contributed by atoms with Crippen molar-refractivity contribution in [1.82, 2.24) is 19.6 Å². The van der Waals surface area contributed by atoms with Crippen molar-refractivity contribution in [3.8, 4) is 17.6 Å². The molecule has 1 aromatic carbocycles. The van der Waals surface area contributed by atoms with Gasteiger partial charge < -0.3 is 0 Å². The Labute approximate surface area is 230 Å². The number of amides is 1. The van der Waals surface area contributed by atoms with Crippen molar-refractivity contribution in [2.24, 2.45) is 5.92 Å². The molecule has 2 unspecified atom stereocenters. The molecular formula is C27H29F3N6O2Se. The molecule has 0 bridgehead atoms. The van der Waals surface area contributed by atoms with E-state index in [1.165, 1.54) is 7.11 Å². The van der Waals surface area contributed by atoms with Crippen LogP contribution in [0.15, 0.2) is 36.7 Å². The van der Waals surface area contributed by atoms with Crippen LogP contribution in [0.4, 0.5) is 24.7 Å². The van der Waals surface area contributed by atoms with Crippen LogP contribution in [-0.4, -0.2) is 86.6 Å². The number of hydrogen-bond donors (Lipinski definition) is 3. The molecular weight excluding hydrogens is 576 g/mol. The van der Waals surface area contributed by atoms with Crippen LogP contribution in [0, 0.1) is 17.8 Å². The number of methoxy groups -OCH3 is 1. The molecule has 3 aromatic rings. The summed E-state index contributed by atoms with van der Waals surface area (Å²) in [5.41, 5.74) is 1.96. The first-order chi connectivity index (χ1) is 18.6. The first kappa shape index (κ1) is 27.2. The molecule has 1 saturated heterocycles. The number of alkyl halides is 3. The van der Waals surface area contributed by atoms with Crippen LogP contribution in [0.2, 0.25) is 0 Å². The van der Waals surface area contributed by atoms with Gasteiger partial charge in [-0.3, -0.25) is 0 Å². The van der Waals surface area contributed by atoms with Gasteiger partial charge in [0, 0.05) is 7.05 Å². The quantitative estimate of drug-likeness (QED) is 0.284. The first-order valence-electron chi connectivity index (χ1n) is 12.5.